The van der Waals surface area contributed by atoms with Gasteiger partial charge in [0.15, 0.2) is 11.2 Å². The van der Waals surface area contributed by atoms with Crippen LogP contribution in [-0.4, -0.2) is 0 Å². The van der Waals surface area contributed by atoms with Gasteiger partial charge < -0.3 is 18.6 Å². The summed E-state index contributed by atoms with van der Waals surface area (Å²) in [5, 5.41) is 10.2. The van der Waals surface area contributed by atoms with E-state index in [1.165, 1.54) is 27.6 Å². The minimum Gasteiger partial charge on any atom is -0.454 e. The Morgan fingerprint density at radius 3 is 1.59 bits per heavy atom. The molecule has 11 aromatic rings. The van der Waals surface area contributed by atoms with Crippen molar-refractivity contribution in [3.05, 3.63) is 197 Å². The summed E-state index contributed by atoms with van der Waals surface area (Å²) in [6.07, 6.45) is 4.23. The molecule has 0 bridgehead atoms. The first-order valence-electron chi connectivity index (χ1n) is 24.6. The summed E-state index contributed by atoms with van der Waals surface area (Å²) >= 11 is 0. The molecule has 0 amide bonds. The van der Waals surface area contributed by atoms with Gasteiger partial charge in [-0.25, -0.2) is 0 Å². The van der Waals surface area contributed by atoms with Gasteiger partial charge in [0.2, 0.25) is 0 Å². The van der Waals surface area contributed by atoms with Crippen molar-refractivity contribution in [3.8, 4) is 0 Å². The summed E-state index contributed by atoms with van der Waals surface area (Å²) in [6, 6.07) is 57.5. The number of para-hydroxylation sites is 4. The van der Waals surface area contributed by atoms with Gasteiger partial charge in [-0.2, -0.15) is 0 Å². The number of rotatable bonds is 11. The Balaban J connectivity index is 1.16. The van der Waals surface area contributed by atoms with E-state index < -0.39 is 0 Å². The zero-order valence-corrected chi connectivity index (χ0v) is 41.4. The van der Waals surface area contributed by atoms with Gasteiger partial charge in [-0.1, -0.05) is 169 Å². The molecule has 0 aliphatic carbocycles. The van der Waals surface area contributed by atoms with Gasteiger partial charge in [-0.15, -0.1) is 0 Å². The lowest BCUT2D eigenvalue weighted by atomic mass is 9.81. The van der Waals surface area contributed by atoms with Crippen molar-refractivity contribution in [2.24, 2.45) is 0 Å². The molecule has 0 spiro atoms. The maximum absolute atomic E-state index is 7.14. The van der Waals surface area contributed by atoms with Crippen molar-refractivity contribution < 1.29 is 8.83 Å². The summed E-state index contributed by atoms with van der Waals surface area (Å²) in [5.41, 5.74) is 15.3. The predicted molar refractivity (Wildman–Crippen MR) is 296 cm³/mol. The van der Waals surface area contributed by atoms with E-state index in [2.05, 4.69) is 236 Å². The van der Waals surface area contributed by atoms with Crippen LogP contribution in [0.2, 0.25) is 0 Å². The van der Waals surface area contributed by atoms with E-state index in [-0.39, 0.29) is 10.8 Å². The molecule has 0 N–H and O–H groups in total. The molecule has 0 radical (unpaired) electrons. The van der Waals surface area contributed by atoms with Crippen LogP contribution in [0.3, 0.4) is 0 Å². The van der Waals surface area contributed by atoms with E-state index in [0.29, 0.717) is 0 Å². The van der Waals surface area contributed by atoms with Gasteiger partial charge in [0, 0.05) is 60.7 Å². The number of nitrogens with zero attached hydrogens (tertiary/aromatic N) is 2. The first-order chi connectivity index (χ1) is 33.3. The molecule has 11 rings (SSSR count). The van der Waals surface area contributed by atoms with Gasteiger partial charge in [0.05, 0.1) is 17.1 Å². The molecule has 0 aliphatic rings. The van der Waals surface area contributed by atoms with Gasteiger partial charge in [-0.05, 0) is 119 Å². The van der Waals surface area contributed by atoms with Crippen LogP contribution in [0.1, 0.15) is 89.1 Å². The number of hydrogen-bond donors (Lipinski definition) is 0. The Labute approximate surface area is 405 Å². The highest BCUT2D eigenvalue weighted by molar-refractivity contribution is 6.21. The Morgan fingerprint density at radius 2 is 1.01 bits per heavy atom. The van der Waals surface area contributed by atoms with E-state index in [9.17, 15) is 0 Å². The minimum atomic E-state index is -0.0586. The molecule has 2 heterocycles. The third-order valence-electron chi connectivity index (χ3n) is 15.3. The Morgan fingerprint density at radius 1 is 0.507 bits per heavy atom. The molecule has 0 saturated carbocycles. The Bertz CT molecular complexity index is 3900. The molecule has 69 heavy (non-hydrogen) atoms. The van der Waals surface area contributed by atoms with Gasteiger partial charge in [0.25, 0.3) is 0 Å². The van der Waals surface area contributed by atoms with Crippen LogP contribution in [0.25, 0.3) is 77.2 Å². The van der Waals surface area contributed by atoms with E-state index >= 15 is 0 Å². The number of benzene rings is 9. The number of fused-ring (bicyclic) bond motifs is 6. The summed E-state index contributed by atoms with van der Waals surface area (Å²) in [7, 11) is 0. The van der Waals surface area contributed by atoms with Crippen molar-refractivity contribution in [1.29, 1.82) is 0 Å². The molecule has 0 unspecified atom stereocenters. The average Bonchev–Trinajstić information content (AvgIpc) is 3.94. The van der Waals surface area contributed by atoms with Crippen molar-refractivity contribution in [3.63, 3.8) is 0 Å². The Kier molecular flexibility index (Phi) is 10.6. The maximum atomic E-state index is 7.14. The molecule has 0 saturated heterocycles. The monoisotopic (exact) mass is 900 g/mol. The zero-order chi connectivity index (χ0) is 47.9. The molecular formula is C65H60N2O2. The Hall–Kier alpha value is -7.56. The van der Waals surface area contributed by atoms with Crippen LogP contribution in [0.15, 0.2) is 173 Å². The van der Waals surface area contributed by atoms with Crippen LogP contribution in [0.4, 0.5) is 28.4 Å². The zero-order valence-electron chi connectivity index (χ0n) is 41.4. The van der Waals surface area contributed by atoms with Crippen molar-refractivity contribution in [2.45, 2.75) is 86.0 Å². The lowest BCUT2D eigenvalue weighted by Gasteiger charge is -2.30. The van der Waals surface area contributed by atoms with Crippen molar-refractivity contribution >= 4 is 106 Å². The fourth-order valence-electron chi connectivity index (χ4n) is 10.7. The van der Waals surface area contributed by atoms with Gasteiger partial charge in [-0.3, -0.25) is 0 Å². The molecule has 0 atom stereocenters. The first kappa shape index (κ1) is 44.0. The highest BCUT2D eigenvalue weighted by atomic mass is 16.3. The van der Waals surface area contributed by atoms with Gasteiger partial charge >= 0.3 is 0 Å². The lowest BCUT2D eigenvalue weighted by molar-refractivity contribution is 0.500. The second kappa shape index (κ2) is 16.6. The largest absolute Gasteiger partial charge is 0.454 e. The SMILES string of the molecule is C=C(c1ccc2ccc(N(c3cccc(C)c3)c3cccc4c3oc3c(C(C)(C)CC)cccc34)c3cc/c(=C/C)c1c23)N(c1cccc(C)c1)c1cccc2c1oc1c(C(C)(C)CC)cccc12. The second-order valence-electron chi connectivity index (χ2n) is 20.3. The smallest absolute Gasteiger partial charge is 0.159 e. The maximum Gasteiger partial charge on any atom is 0.159 e. The van der Waals surface area contributed by atoms with Crippen molar-refractivity contribution in [1.82, 2.24) is 0 Å². The first-order valence-corrected chi connectivity index (χ1v) is 24.6. The quantitative estimate of drug-likeness (QED) is 0.129. The van der Waals surface area contributed by atoms with Gasteiger partial charge in [0.1, 0.15) is 11.2 Å². The van der Waals surface area contributed by atoms with Crippen LogP contribution in [0.5, 0.6) is 0 Å². The molecule has 9 aromatic carbocycles. The summed E-state index contributed by atoms with van der Waals surface area (Å²) in [6.45, 7) is 25.2. The minimum absolute atomic E-state index is 0.0530. The molecule has 2 aromatic heterocycles. The topological polar surface area (TPSA) is 32.8 Å². The number of hydrogen-bond acceptors (Lipinski definition) is 4. The highest BCUT2D eigenvalue weighted by Crippen LogP contribution is 2.49. The van der Waals surface area contributed by atoms with E-state index in [0.717, 1.165) is 118 Å². The highest BCUT2D eigenvalue weighted by Gasteiger charge is 2.29. The molecule has 4 heteroatoms. The predicted octanol–water partition coefficient (Wildman–Crippen LogP) is 18.6. The third kappa shape index (κ3) is 7.02. The summed E-state index contributed by atoms with van der Waals surface area (Å²) in [4.78, 5) is 4.72. The summed E-state index contributed by atoms with van der Waals surface area (Å²) in [5.74, 6) is 0. The molecular weight excluding hydrogens is 841 g/mol. The molecule has 342 valence electrons. The number of anilines is 5. The fraction of sp³-hybridized carbons (Fsp3) is 0.200. The van der Waals surface area contributed by atoms with Crippen LogP contribution in [0, 0.1) is 13.8 Å². The standard InChI is InChI=1S/C65H60N2O2/c1-11-43-32-36-52-55(67(46-23-15-21-41(5)39-46)57-31-19-27-51-49-25-17-29-54(65(9,10)13-3)61(49)69-63(51)57)37-34-44-33-35-47(58(43)59(44)52)42(6)66(45-22-14-20-40(4)38-45)56-30-18-26-50-48-24-16-28-53(64(7,8)12-2)60(48)68-62(50)56/h11,14-39H,6,12-13H2,1-5,7-10H3/b43-11-. The summed E-state index contributed by atoms with van der Waals surface area (Å²) < 4.78 is 14.3. The third-order valence-corrected chi connectivity index (χ3v) is 15.3. The van der Waals surface area contributed by atoms with E-state index in [1.807, 2.05) is 0 Å². The van der Waals surface area contributed by atoms with Crippen molar-refractivity contribution in [2.75, 3.05) is 9.80 Å². The molecule has 4 nitrogen and oxygen atoms in total. The molecule has 0 fully saturated rings. The fourth-order valence-corrected chi connectivity index (χ4v) is 10.7. The number of furan rings is 2. The number of aryl methyl sites for hydroxylation is 2. The van der Waals surface area contributed by atoms with E-state index in [4.69, 9.17) is 15.4 Å². The second-order valence-corrected chi connectivity index (χ2v) is 20.3. The normalized spacial score (nSPS) is 12.7. The van der Waals surface area contributed by atoms with Crippen LogP contribution in [-0.2, 0) is 10.8 Å². The van der Waals surface area contributed by atoms with Crippen LogP contribution < -0.4 is 15.0 Å². The van der Waals surface area contributed by atoms with Crippen LogP contribution >= 0.6 is 0 Å². The lowest BCUT2D eigenvalue weighted by Crippen LogP contribution is -2.17. The average molecular weight is 901 g/mol. The van der Waals surface area contributed by atoms with E-state index in [1.54, 1.807) is 0 Å². The molecule has 0 aliphatic heterocycles.